The van der Waals surface area contributed by atoms with Crippen molar-refractivity contribution < 1.29 is 4.74 Å². The summed E-state index contributed by atoms with van der Waals surface area (Å²) in [6.45, 7) is 3.62. The maximum atomic E-state index is 6.60. The van der Waals surface area contributed by atoms with Crippen molar-refractivity contribution in [2.45, 2.75) is 45.9 Å². The van der Waals surface area contributed by atoms with Gasteiger partial charge in [-0.3, -0.25) is 4.98 Å². The van der Waals surface area contributed by atoms with Crippen molar-refractivity contribution in [3.05, 3.63) is 101 Å². The van der Waals surface area contributed by atoms with Gasteiger partial charge in [0, 0.05) is 24.7 Å². The monoisotopic (exact) mass is 513 g/mol. The molecule has 0 fully saturated rings. The molecule has 0 saturated carbocycles. The van der Waals surface area contributed by atoms with Crippen molar-refractivity contribution in [2.24, 2.45) is 0 Å². The Hall–Kier alpha value is -3.88. The van der Waals surface area contributed by atoms with E-state index in [4.69, 9.17) is 16.3 Å². The molecule has 5 rings (SSSR count). The first-order chi connectivity index (χ1) is 18.2. The molecule has 8 nitrogen and oxygen atoms in total. The highest BCUT2D eigenvalue weighted by Crippen LogP contribution is 2.30. The Morgan fingerprint density at radius 2 is 1.76 bits per heavy atom. The Balaban J connectivity index is 1.37. The van der Waals surface area contributed by atoms with E-state index >= 15 is 0 Å². The standard InChI is InChI=1S/C28H28ClN7O/c1-2-3-11-26-31-27(29)25(19-37-18-22-8-6-7-16-30-22)36(26)17-20-12-14-21(15-13-20)23-9-4-5-10-24(23)28-32-34-35-33-28/h4-10,12-16H,2-3,11,17-19H2,1H3,(H,32,33,34,35). The number of hydrogen-bond acceptors (Lipinski definition) is 6. The molecule has 3 heterocycles. The second-order valence-electron chi connectivity index (χ2n) is 8.75. The molecule has 1 N–H and O–H groups in total. The lowest BCUT2D eigenvalue weighted by Crippen LogP contribution is -2.10. The number of aryl methyl sites for hydroxylation is 1. The van der Waals surface area contributed by atoms with E-state index in [9.17, 15) is 0 Å². The molecule has 2 aromatic carbocycles. The van der Waals surface area contributed by atoms with Crippen molar-refractivity contribution in [1.82, 2.24) is 35.2 Å². The number of imidazole rings is 1. The predicted molar refractivity (Wildman–Crippen MR) is 143 cm³/mol. The number of nitrogens with one attached hydrogen (secondary N) is 1. The zero-order valence-corrected chi connectivity index (χ0v) is 21.4. The van der Waals surface area contributed by atoms with Crippen LogP contribution in [-0.2, 0) is 30.9 Å². The normalized spacial score (nSPS) is 11.2. The van der Waals surface area contributed by atoms with Crippen LogP contribution in [0.25, 0.3) is 22.5 Å². The van der Waals surface area contributed by atoms with Crippen LogP contribution < -0.4 is 0 Å². The van der Waals surface area contributed by atoms with Crippen molar-refractivity contribution in [2.75, 3.05) is 0 Å². The molecule has 0 aliphatic rings. The minimum atomic E-state index is 0.366. The molecule has 5 aromatic rings. The number of aromatic nitrogens is 7. The van der Waals surface area contributed by atoms with E-state index in [1.165, 1.54) is 0 Å². The fourth-order valence-electron chi connectivity index (χ4n) is 4.27. The molecule has 9 heteroatoms. The second kappa shape index (κ2) is 11.9. The Morgan fingerprint density at radius 1 is 0.946 bits per heavy atom. The first-order valence-electron chi connectivity index (χ1n) is 12.4. The molecule has 0 amide bonds. The van der Waals surface area contributed by atoms with Gasteiger partial charge in [-0.05, 0) is 40.5 Å². The fraction of sp³-hybridized carbons (Fsp3) is 0.250. The van der Waals surface area contributed by atoms with Crippen LogP contribution in [0, 0.1) is 0 Å². The highest BCUT2D eigenvalue weighted by atomic mass is 35.5. The molecular formula is C28H28ClN7O. The summed E-state index contributed by atoms with van der Waals surface area (Å²) in [7, 11) is 0. The maximum Gasteiger partial charge on any atom is 0.205 e. The van der Waals surface area contributed by atoms with Gasteiger partial charge in [0.15, 0.2) is 5.15 Å². The molecule has 3 aromatic heterocycles. The van der Waals surface area contributed by atoms with Gasteiger partial charge in [-0.2, -0.15) is 5.21 Å². The van der Waals surface area contributed by atoms with Crippen LogP contribution in [-0.4, -0.2) is 35.2 Å². The third-order valence-electron chi connectivity index (χ3n) is 6.19. The largest absolute Gasteiger partial charge is 0.369 e. The molecule has 0 unspecified atom stereocenters. The topological polar surface area (TPSA) is 94.4 Å². The van der Waals surface area contributed by atoms with Crippen LogP contribution in [0.3, 0.4) is 0 Å². The summed E-state index contributed by atoms with van der Waals surface area (Å²) in [4.78, 5) is 9.02. The van der Waals surface area contributed by atoms with Crippen LogP contribution in [0.5, 0.6) is 0 Å². The summed E-state index contributed by atoms with van der Waals surface area (Å²) in [5.74, 6) is 1.55. The number of rotatable bonds is 11. The van der Waals surface area contributed by atoms with E-state index in [0.717, 1.165) is 58.7 Å². The van der Waals surface area contributed by atoms with Gasteiger partial charge in [-0.15, -0.1) is 10.2 Å². The Labute approximate surface area is 220 Å². The quantitative estimate of drug-likeness (QED) is 0.237. The SMILES string of the molecule is CCCCc1nc(Cl)c(COCc2ccccn2)n1Cc1ccc(-c2ccccc2-c2nn[nH]n2)cc1. The van der Waals surface area contributed by atoms with E-state index in [0.29, 0.717) is 30.7 Å². The van der Waals surface area contributed by atoms with Crippen molar-refractivity contribution in [3.63, 3.8) is 0 Å². The number of ether oxygens (including phenoxy) is 1. The van der Waals surface area contributed by atoms with Crippen LogP contribution in [0.4, 0.5) is 0 Å². The lowest BCUT2D eigenvalue weighted by atomic mass is 9.98. The number of benzene rings is 2. The highest BCUT2D eigenvalue weighted by Gasteiger charge is 2.17. The number of aromatic amines is 1. The van der Waals surface area contributed by atoms with Gasteiger partial charge in [0.2, 0.25) is 5.82 Å². The van der Waals surface area contributed by atoms with E-state index in [1.54, 1.807) is 6.20 Å². The van der Waals surface area contributed by atoms with Gasteiger partial charge in [0.1, 0.15) is 5.82 Å². The highest BCUT2D eigenvalue weighted by molar-refractivity contribution is 6.30. The van der Waals surface area contributed by atoms with Crippen molar-refractivity contribution >= 4 is 11.6 Å². The Kier molecular flexibility index (Phi) is 7.98. The van der Waals surface area contributed by atoms with Gasteiger partial charge >= 0.3 is 0 Å². The molecular weight excluding hydrogens is 486 g/mol. The van der Waals surface area contributed by atoms with Gasteiger partial charge in [-0.25, -0.2) is 4.98 Å². The van der Waals surface area contributed by atoms with Crippen molar-refractivity contribution in [3.8, 4) is 22.5 Å². The summed E-state index contributed by atoms with van der Waals surface area (Å²) in [5, 5.41) is 15.0. The molecule has 0 atom stereocenters. The number of tetrazole rings is 1. The van der Waals surface area contributed by atoms with E-state index in [2.05, 4.69) is 72.4 Å². The number of nitrogens with zero attached hydrogens (tertiary/aromatic N) is 6. The summed E-state index contributed by atoms with van der Waals surface area (Å²) in [6, 6.07) is 22.4. The van der Waals surface area contributed by atoms with Gasteiger partial charge in [0.05, 0.1) is 24.6 Å². The van der Waals surface area contributed by atoms with Gasteiger partial charge < -0.3 is 9.30 Å². The lowest BCUT2D eigenvalue weighted by Gasteiger charge is -2.14. The average molecular weight is 514 g/mol. The fourth-order valence-corrected chi connectivity index (χ4v) is 4.52. The Bertz CT molecular complexity index is 1420. The zero-order valence-electron chi connectivity index (χ0n) is 20.6. The first kappa shape index (κ1) is 24.8. The van der Waals surface area contributed by atoms with E-state index in [-0.39, 0.29) is 0 Å². The van der Waals surface area contributed by atoms with Crippen LogP contribution in [0.2, 0.25) is 5.15 Å². The van der Waals surface area contributed by atoms with E-state index in [1.807, 2.05) is 36.4 Å². The average Bonchev–Trinajstić information content (AvgIpc) is 3.57. The molecule has 188 valence electrons. The molecule has 0 aliphatic carbocycles. The number of unbranched alkanes of at least 4 members (excludes halogenated alkanes) is 1. The minimum absolute atomic E-state index is 0.366. The Morgan fingerprint density at radius 3 is 2.49 bits per heavy atom. The molecule has 0 radical (unpaired) electrons. The van der Waals surface area contributed by atoms with Crippen LogP contribution in [0.15, 0.2) is 72.9 Å². The van der Waals surface area contributed by atoms with Gasteiger partial charge in [0.25, 0.3) is 0 Å². The molecule has 0 spiro atoms. The smallest absolute Gasteiger partial charge is 0.205 e. The number of hydrogen-bond donors (Lipinski definition) is 1. The molecule has 0 aliphatic heterocycles. The summed E-state index contributed by atoms with van der Waals surface area (Å²) >= 11 is 6.60. The summed E-state index contributed by atoms with van der Waals surface area (Å²) < 4.78 is 8.17. The second-order valence-corrected chi connectivity index (χ2v) is 9.11. The maximum absolute atomic E-state index is 6.60. The molecule has 37 heavy (non-hydrogen) atoms. The lowest BCUT2D eigenvalue weighted by molar-refractivity contribution is 0.0997. The van der Waals surface area contributed by atoms with Crippen molar-refractivity contribution in [1.29, 1.82) is 0 Å². The number of H-pyrrole nitrogens is 1. The summed E-state index contributed by atoms with van der Waals surface area (Å²) in [5.41, 5.74) is 5.98. The van der Waals surface area contributed by atoms with Crippen LogP contribution >= 0.6 is 11.6 Å². The van der Waals surface area contributed by atoms with Crippen LogP contribution in [0.1, 0.15) is 42.5 Å². The summed E-state index contributed by atoms with van der Waals surface area (Å²) in [6.07, 6.45) is 4.77. The molecule has 0 bridgehead atoms. The third kappa shape index (κ3) is 5.93. The van der Waals surface area contributed by atoms with E-state index < -0.39 is 0 Å². The zero-order chi connectivity index (χ0) is 25.5. The number of pyridine rings is 1. The minimum Gasteiger partial charge on any atom is -0.369 e. The number of halogens is 1. The van der Waals surface area contributed by atoms with Gasteiger partial charge in [-0.1, -0.05) is 79.5 Å². The first-order valence-corrected chi connectivity index (χ1v) is 12.7. The third-order valence-corrected chi connectivity index (χ3v) is 6.49. The predicted octanol–water partition coefficient (Wildman–Crippen LogP) is 5.89. The molecule has 0 saturated heterocycles.